The zero-order valence-electron chi connectivity index (χ0n) is 15.0. The van der Waals surface area contributed by atoms with E-state index < -0.39 is 5.60 Å². The molecule has 0 aromatic heterocycles. The number of ether oxygens (including phenoxy) is 2. The molecule has 1 saturated heterocycles. The molecule has 1 rings (SSSR count). The van der Waals surface area contributed by atoms with Crippen molar-refractivity contribution in [1.29, 1.82) is 0 Å². The van der Waals surface area contributed by atoms with Crippen molar-refractivity contribution in [3.63, 3.8) is 0 Å². The molecule has 0 radical (unpaired) electrons. The van der Waals surface area contributed by atoms with E-state index in [-0.39, 0.29) is 12.1 Å². The van der Waals surface area contributed by atoms with Crippen molar-refractivity contribution in [2.24, 2.45) is 0 Å². The summed E-state index contributed by atoms with van der Waals surface area (Å²) in [6, 6.07) is 0. The first-order chi connectivity index (χ1) is 10.7. The summed E-state index contributed by atoms with van der Waals surface area (Å²) in [4.78, 5) is 11.7. The van der Waals surface area contributed by atoms with Crippen molar-refractivity contribution in [3.8, 4) is 0 Å². The van der Waals surface area contributed by atoms with E-state index in [1.54, 1.807) is 0 Å². The molecule has 1 aliphatic heterocycles. The van der Waals surface area contributed by atoms with Crippen LogP contribution in [0.15, 0.2) is 0 Å². The fourth-order valence-corrected chi connectivity index (χ4v) is 3.26. The number of carbonyl (C=O) groups excluding carboxylic acids is 1. The quantitative estimate of drug-likeness (QED) is 0.244. The molecule has 0 spiro atoms. The van der Waals surface area contributed by atoms with Crippen LogP contribution < -0.4 is 0 Å². The minimum Gasteiger partial charge on any atom is -0.467 e. The highest BCUT2D eigenvalue weighted by Gasteiger charge is 2.60. The number of hydrogen-bond acceptors (Lipinski definition) is 3. The predicted molar refractivity (Wildman–Crippen MR) is 91.0 cm³/mol. The average Bonchev–Trinajstić information content (AvgIpc) is 3.19. The third kappa shape index (κ3) is 6.68. The largest absolute Gasteiger partial charge is 0.467 e. The summed E-state index contributed by atoms with van der Waals surface area (Å²) in [5.41, 5.74) is -0.604. The monoisotopic (exact) mass is 312 g/mol. The zero-order chi connectivity index (χ0) is 16.3. The van der Waals surface area contributed by atoms with Crippen molar-refractivity contribution in [3.05, 3.63) is 0 Å². The molecule has 22 heavy (non-hydrogen) atoms. The Morgan fingerprint density at radius 3 is 1.68 bits per heavy atom. The summed E-state index contributed by atoms with van der Waals surface area (Å²) in [6.45, 7) is 4.22. The minimum absolute atomic E-state index is 0.0349. The second kappa shape index (κ2) is 11.0. The molecule has 0 aliphatic carbocycles. The van der Waals surface area contributed by atoms with Crippen LogP contribution in [0.25, 0.3) is 0 Å². The smallest absolute Gasteiger partial charge is 0.340 e. The molecule has 0 N–H and O–H groups in total. The van der Waals surface area contributed by atoms with Gasteiger partial charge in [-0.05, 0) is 19.8 Å². The number of epoxide rings is 1. The van der Waals surface area contributed by atoms with Gasteiger partial charge in [0.2, 0.25) is 0 Å². The van der Waals surface area contributed by atoms with Gasteiger partial charge in [0.25, 0.3) is 0 Å². The lowest BCUT2D eigenvalue weighted by Crippen LogP contribution is -2.28. The van der Waals surface area contributed by atoms with Crippen LogP contribution in [0.5, 0.6) is 0 Å². The molecule has 0 saturated carbocycles. The third-order valence-corrected chi connectivity index (χ3v) is 4.92. The van der Waals surface area contributed by atoms with E-state index >= 15 is 0 Å². The number of unbranched alkanes of at least 4 members (excludes halogenated alkanes) is 11. The first kappa shape index (κ1) is 19.5. The average molecular weight is 312 g/mol. The lowest BCUT2D eigenvalue weighted by Gasteiger charge is -2.09. The van der Waals surface area contributed by atoms with E-state index in [0.717, 1.165) is 12.8 Å². The molecular weight excluding hydrogens is 276 g/mol. The normalized spacial score (nSPS) is 23.5. The Morgan fingerprint density at radius 2 is 1.32 bits per heavy atom. The van der Waals surface area contributed by atoms with Gasteiger partial charge in [0, 0.05) is 0 Å². The van der Waals surface area contributed by atoms with Gasteiger partial charge in [0.1, 0.15) is 0 Å². The molecule has 0 aromatic carbocycles. The SMILES string of the molecule is CCCCCCCCCCCCCC[C@@]1(C(=O)OC)O[C@@H]1C. The summed E-state index contributed by atoms with van der Waals surface area (Å²) in [5.74, 6) is -0.192. The summed E-state index contributed by atoms with van der Waals surface area (Å²) in [5, 5.41) is 0. The Bertz CT molecular complexity index is 303. The zero-order valence-corrected chi connectivity index (χ0v) is 15.0. The number of esters is 1. The topological polar surface area (TPSA) is 38.8 Å². The van der Waals surface area contributed by atoms with E-state index in [9.17, 15) is 4.79 Å². The van der Waals surface area contributed by atoms with Crippen LogP contribution >= 0.6 is 0 Å². The molecule has 1 fully saturated rings. The molecule has 3 nitrogen and oxygen atoms in total. The number of hydrogen-bond donors (Lipinski definition) is 0. The minimum atomic E-state index is -0.604. The fourth-order valence-electron chi connectivity index (χ4n) is 3.26. The highest BCUT2D eigenvalue weighted by atomic mass is 16.7. The summed E-state index contributed by atoms with van der Waals surface area (Å²) < 4.78 is 10.3. The number of methoxy groups -OCH3 is 1. The maximum absolute atomic E-state index is 11.7. The van der Waals surface area contributed by atoms with Crippen molar-refractivity contribution >= 4 is 5.97 Å². The Kier molecular flexibility index (Phi) is 9.77. The summed E-state index contributed by atoms with van der Waals surface area (Å²) >= 11 is 0. The highest BCUT2D eigenvalue weighted by molar-refractivity contribution is 5.83. The molecule has 1 aliphatic rings. The summed E-state index contributed by atoms with van der Waals surface area (Å²) in [7, 11) is 1.45. The van der Waals surface area contributed by atoms with E-state index in [1.807, 2.05) is 6.92 Å². The van der Waals surface area contributed by atoms with Crippen molar-refractivity contribution < 1.29 is 14.3 Å². The van der Waals surface area contributed by atoms with E-state index in [4.69, 9.17) is 9.47 Å². The second-order valence-electron chi connectivity index (χ2n) is 6.78. The molecule has 130 valence electrons. The van der Waals surface area contributed by atoms with E-state index in [2.05, 4.69) is 6.92 Å². The molecule has 0 unspecified atom stereocenters. The Labute approximate surface area is 137 Å². The molecule has 3 heteroatoms. The molecule has 0 aromatic rings. The standard InChI is InChI=1S/C19H36O3/c1-4-5-6-7-8-9-10-11-12-13-14-15-16-19(17(2)22-19)18(20)21-3/h17H,4-16H2,1-3H3/t17-,19-/m1/s1. The van der Waals surface area contributed by atoms with Crippen LogP contribution in [0.1, 0.15) is 97.3 Å². The Hall–Kier alpha value is -0.570. The molecule has 1 heterocycles. The van der Waals surface area contributed by atoms with Crippen LogP contribution in [0.3, 0.4) is 0 Å². The first-order valence-corrected chi connectivity index (χ1v) is 9.43. The van der Waals surface area contributed by atoms with Crippen LogP contribution in [0, 0.1) is 0 Å². The van der Waals surface area contributed by atoms with Crippen molar-refractivity contribution in [2.75, 3.05) is 7.11 Å². The molecule has 0 bridgehead atoms. The molecule has 2 atom stereocenters. The number of rotatable bonds is 14. The van der Waals surface area contributed by atoms with E-state index in [1.165, 1.54) is 77.7 Å². The predicted octanol–water partition coefficient (Wildman–Crippen LogP) is 5.41. The maximum atomic E-state index is 11.7. The Balaban J connectivity index is 1.87. The van der Waals surface area contributed by atoms with E-state index in [0.29, 0.717) is 0 Å². The maximum Gasteiger partial charge on any atom is 0.340 e. The van der Waals surface area contributed by atoms with Gasteiger partial charge in [-0.1, -0.05) is 77.6 Å². The van der Waals surface area contributed by atoms with Gasteiger partial charge in [-0.25, -0.2) is 4.79 Å². The highest BCUT2D eigenvalue weighted by Crippen LogP contribution is 2.41. The van der Waals surface area contributed by atoms with Gasteiger partial charge in [-0.15, -0.1) is 0 Å². The number of carbonyl (C=O) groups is 1. The van der Waals surface area contributed by atoms with Gasteiger partial charge in [0.05, 0.1) is 13.2 Å². The first-order valence-electron chi connectivity index (χ1n) is 9.43. The van der Waals surface area contributed by atoms with Crippen LogP contribution in [0.2, 0.25) is 0 Å². The van der Waals surface area contributed by atoms with Crippen LogP contribution in [-0.4, -0.2) is 24.8 Å². The lowest BCUT2D eigenvalue weighted by molar-refractivity contribution is -0.147. The van der Waals surface area contributed by atoms with Crippen molar-refractivity contribution in [1.82, 2.24) is 0 Å². The molecule has 0 amide bonds. The fraction of sp³-hybridized carbons (Fsp3) is 0.947. The summed E-state index contributed by atoms with van der Waals surface area (Å²) in [6.07, 6.45) is 16.9. The van der Waals surface area contributed by atoms with Gasteiger partial charge < -0.3 is 9.47 Å². The van der Waals surface area contributed by atoms with Gasteiger partial charge in [0.15, 0.2) is 5.60 Å². The van der Waals surface area contributed by atoms with Crippen LogP contribution in [-0.2, 0) is 14.3 Å². The second-order valence-corrected chi connectivity index (χ2v) is 6.78. The molecular formula is C19H36O3. The van der Waals surface area contributed by atoms with Gasteiger partial charge in [-0.2, -0.15) is 0 Å². The lowest BCUT2D eigenvalue weighted by atomic mass is 9.97. The van der Waals surface area contributed by atoms with Crippen molar-refractivity contribution in [2.45, 2.75) is 109 Å². The van der Waals surface area contributed by atoms with Gasteiger partial charge >= 0.3 is 5.97 Å². The van der Waals surface area contributed by atoms with Gasteiger partial charge in [-0.3, -0.25) is 0 Å². The Morgan fingerprint density at radius 1 is 0.909 bits per heavy atom. The van der Waals surface area contributed by atoms with Crippen LogP contribution in [0.4, 0.5) is 0 Å². The third-order valence-electron chi connectivity index (χ3n) is 4.92.